The van der Waals surface area contributed by atoms with Crippen molar-refractivity contribution >= 4 is 74.4 Å². The van der Waals surface area contributed by atoms with Crippen LogP contribution in [0.2, 0.25) is 5.02 Å². The van der Waals surface area contributed by atoms with E-state index in [1.807, 2.05) is 6.08 Å². The van der Waals surface area contributed by atoms with Crippen molar-refractivity contribution in [2.75, 3.05) is 12.0 Å². The van der Waals surface area contributed by atoms with Gasteiger partial charge in [0.1, 0.15) is 11.5 Å². The summed E-state index contributed by atoms with van der Waals surface area (Å²) in [6, 6.07) is 10.8. The lowest BCUT2D eigenvalue weighted by atomic mass is 9.56. The normalized spacial score (nSPS) is 32.6. The van der Waals surface area contributed by atoms with Crippen molar-refractivity contribution in [1.82, 2.24) is 9.80 Å². The summed E-state index contributed by atoms with van der Waals surface area (Å²) in [5.41, 5.74) is 1.75. The van der Waals surface area contributed by atoms with Crippen molar-refractivity contribution < 1.29 is 29.4 Å². The van der Waals surface area contributed by atoms with Crippen LogP contribution in [0.25, 0.3) is 0 Å². The molecule has 6 atom stereocenters. The minimum absolute atomic E-state index is 0.0960. The average Bonchev–Trinajstić information content (AvgIpc) is 3.26. The maximum atomic E-state index is 13.9. The number of nitrogens with zero attached hydrogens (tertiary/aromatic N) is 2. The zero-order valence-corrected chi connectivity index (χ0v) is 25.3. The van der Waals surface area contributed by atoms with E-state index in [4.69, 9.17) is 34.8 Å². The Hall–Kier alpha value is -2.59. The van der Waals surface area contributed by atoms with Gasteiger partial charge < -0.3 is 10.2 Å². The Morgan fingerprint density at radius 1 is 0.902 bits per heavy atom. The molecule has 0 aromatic heterocycles. The summed E-state index contributed by atoms with van der Waals surface area (Å²) < 4.78 is 0. The molecule has 6 rings (SSSR count). The molecule has 12 heteroatoms. The van der Waals surface area contributed by atoms with Crippen molar-refractivity contribution in [2.45, 2.75) is 34.9 Å². The third-order valence-corrected chi connectivity index (χ3v) is 11.2. The highest BCUT2D eigenvalue weighted by Gasteiger charge is 2.76. The van der Waals surface area contributed by atoms with Gasteiger partial charge in [-0.15, -0.1) is 23.2 Å². The Balaban J connectivity index is 1.42. The molecule has 41 heavy (non-hydrogen) atoms. The molecule has 2 aliphatic carbocycles. The fourth-order valence-electron chi connectivity index (χ4n) is 7.04. The predicted octanol–water partition coefficient (Wildman–Crippen LogP) is 4.71. The fraction of sp³-hybridized carbons (Fsp3) is 0.379. The molecule has 214 valence electrons. The third kappa shape index (κ3) is 3.99. The van der Waals surface area contributed by atoms with Gasteiger partial charge >= 0.3 is 0 Å². The summed E-state index contributed by atoms with van der Waals surface area (Å²) in [6.45, 7) is 0.158. The molecule has 1 saturated carbocycles. The molecular formula is C29H24BrCl3N2O6. The number of phenols is 2. The second kappa shape index (κ2) is 10.0. The summed E-state index contributed by atoms with van der Waals surface area (Å²) in [6.07, 6.45) is 2.38. The Labute approximate surface area is 259 Å². The van der Waals surface area contributed by atoms with Crippen LogP contribution in [0.3, 0.4) is 0 Å². The van der Waals surface area contributed by atoms with Crippen LogP contribution in [0.15, 0.2) is 54.1 Å². The van der Waals surface area contributed by atoms with Gasteiger partial charge in [-0.05, 0) is 60.6 Å². The molecule has 0 spiro atoms. The third-order valence-electron chi connectivity index (χ3n) is 8.96. The quantitative estimate of drug-likeness (QED) is 0.205. The van der Waals surface area contributed by atoms with Crippen molar-refractivity contribution in [2.24, 2.45) is 17.8 Å². The van der Waals surface area contributed by atoms with Crippen LogP contribution in [0.5, 0.6) is 11.5 Å². The van der Waals surface area contributed by atoms with Crippen LogP contribution in [-0.2, 0) is 25.6 Å². The zero-order chi connectivity index (χ0) is 29.4. The van der Waals surface area contributed by atoms with E-state index in [0.29, 0.717) is 17.6 Å². The number of halogens is 4. The van der Waals surface area contributed by atoms with Crippen molar-refractivity contribution in [1.29, 1.82) is 0 Å². The Morgan fingerprint density at radius 3 is 2.24 bits per heavy atom. The monoisotopic (exact) mass is 680 g/mol. The summed E-state index contributed by atoms with van der Waals surface area (Å²) in [5, 5.41) is 19.7. The largest absolute Gasteiger partial charge is 0.508 e. The first-order valence-corrected chi connectivity index (χ1v) is 15.3. The number of rotatable bonds is 5. The first kappa shape index (κ1) is 28.5. The minimum Gasteiger partial charge on any atom is -0.508 e. The van der Waals surface area contributed by atoms with Gasteiger partial charge in [-0.25, -0.2) is 0 Å². The van der Waals surface area contributed by atoms with Crippen LogP contribution < -0.4 is 0 Å². The number of carbonyl (C=O) groups is 4. The smallest absolute Gasteiger partial charge is 0.254 e. The lowest BCUT2D eigenvalue weighted by Gasteiger charge is -2.51. The number of allylic oxidation sites excluding steroid dienone is 2. The van der Waals surface area contributed by atoms with E-state index < -0.39 is 45.2 Å². The number of hydrogen-bond acceptors (Lipinski definition) is 6. The van der Waals surface area contributed by atoms with Gasteiger partial charge in [0.05, 0.1) is 17.3 Å². The number of amides is 4. The Morgan fingerprint density at radius 2 is 1.59 bits per heavy atom. The molecule has 0 bridgehead atoms. The SMILES string of the molecule is O=C1C2CC=C3C(CC4(Cl)C(=O)N(CBr)C(=O)C4(Cl)C3c3ccc(O)cc3Cl)C2C(=O)N1CCc1ccc(O)cc1. The zero-order valence-electron chi connectivity index (χ0n) is 21.4. The fourth-order valence-corrected chi connectivity index (χ4v) is 8.74. The number of aromatic hydroxyl groups is 2. The molecule has 2 aliphatic heterocycles. The Kier molecular flexibility index (Phi) is 6.96. The number of fused-ring (bicyclic) bond motifs is 4. The molecule has 8 nitrogen and oxygen atoms in total. The number of benzene rings is 2. The maximum absolute atomic E-state index is 13.9. The summed E-state index contributed by atoms with van der Waals surface area (Å²) in [5.74, 6) is -5.09. The van der Waals surface area contributed by atoms with E-state index in [1.54, 1.807) is 30.3 Å². The number of hydrogen-bond donors (Lipinski definition) is 2. The van der Waals surface area contributed by atoms with Crippen molar-refractivity contribution in [3.8, 4) is 11.5 Å². The van der Waals surface area contributed by atoms with Gasteiger partial charge in [0.2, 0.25) is 11.8 Å². The predicted molar refractivity (Wildman–Crippen MR) is 155 cm³/mol. The molecule has 4 aliphatic rings. The number of carbonyl (C=O) groups excluding carboxylic acids is 4. The standard InChI is InChI=1S/C29H24BrCl3N2O6/c30-13-35-26(40)28(32)12-20-17(23(29(28,33)27(35)41)18-6-5-16(37)11-21(18)31)7-8-19-22(20)25(39)34(24(19)38)10-9-14-1-3-15(36)4-2-14/h1-7,11,19-20,22-23,36-37H,8-10,12-13H2. The molecule has 2 aromatic carbocycles. The van der Waals surface area contributed by atoms with Gasteiger partial charge in [0, 0.05) is 17.5 Å². The van der Waals surface area contributed by atoms with Crippen molar-refractivity contribution in [3.63, 3.8) is 0 Å². The van der Waals surface area contributed by atoms with Crippen LogP contribution in [0, 0.1) is 17.8 Å². The molecule has 2 heterocycles. The highest BCUT2D eigenvalue weighted by atomic mass is 79.9. The highest BCUT2D eigenvalue weighted by Crippen LogP contribution is 2.66. The minimum atomic E-state index is -1.96. The molecule has 0 radical (unpaired) electrons. The van der Waals surface area contributed by atoms with Gasteiger partial charge in [-0.1, -0.05) is 57.4 Å². The maximum Gasteiger partial charge on any atom is 0.254 e. The molecular weight excluding hydrogens is 659 g/mol. The Bertz CT molecular complexity index is 1530. The second-order valence-corrected chi connectivity index (χ2v) is 13.1. The van der Waals surface area contributed by atoms with E-state index in [0.717, 1.165) is 10.5 Å². The van der Waals surface area contributed by atoms with Gasteiger partial charge in [-0.3, -0.25) is 29.0 Å². The average molecular weight is 683 g/mol. The molecule has 2 saturated heterocycles. The molecule has 2 aromatic rings. The number of phenolic OH excluding ortho intramolecular Hbond substituents is 2. The highest BCUT2D eigenvalue weighted by molar-refractivity contribution is 9.09. The number of alkyl halides is 3. The lowest BCUT2D eigenvalue weighted by Crippen LogP contribution is -2.60. The second-order valence-electron chi connectivity index (χ2n) is 10.9. The summed E-state index contributed by atoms with van der Waals surface area (Å²) >= 11 is 24.1. The van der Waals surface area contributed by atoms with E-state index >= 15 is 0 Å². The van der Waals surface area contributed by atoms with Gasteiger partial charge in [0.25, 0.3) is 11.8 Å². The van der Waals surface area contributed by atoms with E-state index in [2.05, 4.69) is 15.9 Å². The van der Waals surface area contributed by atoms with Gasteiger partial charge in [0.15, 0.2) is 9.75 Å². The van der Waals surface area contributed by atoms with E-state index in [9.17, 15) is 29.4 Å². The molecule has 6 unspecified atom stereocenters. The number of likely N-dealkylation sites (tertiary alicyclic amines) is 2. The van der Waals surface area contributed by atoms with Gasteiger partial charge in [-0.2, -0.15) is 0 Å². The first-order valence-electron chi connectivity index (χ1n) is 13.1. The molecule has 3 fully saturated rings. The van der Waals surface area contributed by atoms with Crippen molar-refractivity contribution in [3.05, 3.63) is 70.3 Å². The topological polar surface area (TPSA) is 115 Å². The summed E-state index contributed by atoms with van der Waals surface area (Å²) in [7, 11) is 0. The van der Waals surface area contributed by atoms with Crippen LogP contribution in [-0.4, -0.2) is 65.4 Å². The summed E-state index contributed by atoms with van der Waals surface area (Å²) in [4.78, 5) is 53.2. The molecule has 2 N–H and O–H groups in total. The lowest BCUT2D eigenvalue weighted by molar-refractivity contribution is -0.141. The van der Waals surface area contributed by atoms with Crippen LogP contribution >= 0.6 is 50.7 Å². The van der Waals surface area contributed by atoms with Crippen LogP contribution in [0.1, 0.15) is 29.9 Å². The van der Waals surface area contributed by atoms with E-state index in [-0.39, 0.29) is 53.2 Å². The van der Waals surface area contributed by atoms with Crippen LogP contribution in [0.4, 0.5) is 0 Å². The molecule has 4 amide bonds. The van der Waals surface area contributed by atoms with E-state index in [1.165, 1.54) is 17.0 Å². The first-order chi connectivity index (χ1) is 19.4. The number of imide groups is 2.